The first-order valence-corrected chi connectivity index (χ1v) is 6.80. The fraction of sp³-hybridized carbons (Fsp3) is 0.353. The number of benzene rings is 1. The molecule has 100 valence electrons. The van der Waals surface area contributed by atoms with Crippen LogP contribution in [-0.2, 0) is 0 Å². The number of pyridine rings is 1. The largest absolute Gasteiger partial charge is 0.312 e. The van der Waals surface area contributed by atoms with Crippen LogP contribution in [0.1, 0.15) is 32.8 Å². The Bertz CT molecular complexity index is 559. The van der Waals surface area contributed by atoms with Crippen LogP contribution in [0.4, 0.5) is 0 Å². The van der Waals surface area contributed by atoms with Crippen LogP contribution >= 0.6 is 0 Å². The van der Waals surface area contributed by atoms with E-state index in [9.17, 15) is 0 Å². The van der Waals surface area contributed by atoms with Crippen LogP contribution in [-0.4, -0.2) is 17.1 Å². The summed E-state index contributed by atoms with van der Waals surface area (Å²) in [6, 6.07) is 8.36. The topological polar surface area (TPSA) is 24.9 Å². The summed E-state index contributed by atoms with van der Waals surface area (Å²) >= 11 is 0. The molecule has 0 aliphatic carbocycles. The van der Waals surface area contributed by atoms with Crippen molar-refractivity contribution in [3.05, 3.63) is 48.3 Å². The molecule has 0 aliphatic rings. The highest BCUT2D eigenvalue weighted by Gasteiger charge is 2.06. The van der Waals surface area contributed by atoms with E-state index >= 15 is 0 Å². The summed E-state index contributed by atoms with van der Waals surface area (Å²) in [4.78, 5) is 4.28. The van der Waals surface area contributed by atoms with Gasteiger partial charge in [0.1, 0.15) is 0 Å². The van der Waals surface area contributed by atoms with E-state index in [1.807, 2.05) is 18.5 Å². The third-order valence-electron chi connectivity index (χ3n) is 2.96. The van der Waals surface area contributed by atoms with Gasteiger partial charge in [0, 0.05) is 28.9 Å². The third kappa shape index (κ3) is 4.18. The summed E-state index contributed by atoms with van der Waals surface area (Å²) in [5.41, 5.74) is 1.38. The Morgan fingerprint density at radius 1 is 1.16 bits per heavy atom. The number of hydrogen-bond acceptors (Lipinski definition) is 2. The van der Waals surface area contributed by atoms with E-state index in [1.165, 1.54) is 16.3 Å². The minimum absolute atomic E-state index is 0.189. The lowest BCUT2D eigenvalue weighted by Crippen LogP contribution is -2.36. The Morgan fingerprint density at radius 3 is 2.74 bits per heavy atom. The van der Waals surface area contributed by atoms with Crippen LogP contribution in [0.3, 0.4) is 0 Å². The molecule has 0 bridgehead atoms. The van der Waals surface area contributed by atoms with Gasteiger partial charge in [0.15, 0.2) is 0 Å². The smallest absolute Gasteiger partial charge is 0.0346 e. The second-order valence-electron chi connectivity index (χ2n) is 5.82. The second-order valence-corrected chi connectivity index (χ2v) is 5.82. The Labute approximate surface area is 115 Å². The molecule has 1 N–H and O–H groups in total. The van der Waals surface area contributed by atoms with Gasteiger partial charge in [-0.15, -0.1) is 0 Å². The first-order chi connectivity index (χ1) is 9.06. The Balaban J connectivity index is 2.01. The molecule has 0 aliphatic heterocycles. The normalized spacial score (nSPS) is 12.4. The molecule has 0 radical (unpaired) electrons. The fourth-order valence-corrected chi connectivity index (χ4v) is 2.01. The molecular formula is C17H22N2. The van der Waals surface area contributed by atoms with Gasteiger partial charge in [0.25, 0.3) is 0 Å². The molecule has 19 heavy (non-hydrogen) atoms. The molecule has 1 heterocycles. The van der Waals surface area contributed by atoms with Gasteiger partial charge in [-0.05, 0) is 39.1 Å². The minimum Gasteiger partial charge on any atom is -0.312 e. The van der Waals surface area contributed by atoms with Gasteiger partial charge in [0.2, 0.25) is 0 Å². The molecule has 0 atom stereocenters. The van der Waals surface area contributed by atoms with Crippen molar-refractivity contribution >= 4 is 16.8 Å². The first kappa shape index (κ1) is 13.8. The van der Waals surface area contributed by atoms with E-state index in [0.717, 1.165) is 13.0 Å². The third-order valence-corrected chi connectivity index (χ3v) is 2.96. The second kappa shape index (κ2) is 5.98. The highest BCUT2D eigenvalue weighted by Crippen LogP contribution is 2.18. The maximum absolute atomic E-state index is 4.28. The molecule has 0 amide bonds. The van der Waals surface area contributed by atoms with Crippen molar-refractivity contribution in [3.63, 3.8) is 0 Å². The molecule has 1 aromatic heterocycles. The number of hydrogen-bond donors (Lipinski definition) is 1. The molecule has 0 unspecified atom stereocenters. The predicted octanol–water partition coefficient (Wildman–Crippen LogP) is 4.03. The van der Waals surface area contributed by atoms with Crippen molar-refractivity contribution in [2.75, 3.05) is 6.54 Å². The zero-order chi connectivity index (χ0) is 13.7. The molecule has 2 rings (SSSR count). The summed E-state index contributed by atoms with van der Waals surface area (Å²) in [6.45, 7) is 7.56. The first-order valence-electron chi connectivity index (χ1n) is 6.80. The van der Waals surface area contributed by atoms with E-state index in [4.69, 9.17) is 0 Å². The summed E-state index contributed by atoms with van der Waals surface area (Å²) in [7, 11) is 0. The average molecular weight is 254 g/mol. The molecule has 2 nitrogen and oxygen atoms in total. The van der Waals surface area contributed by atoms with Crippen LogP contribution in [0.5, 0.6) is 0 Å². The Kier molecular flexibility index (Phi) is 4.33. The van der Waals surface area contributed by atoms with E-state index in [2.05, 4.69) is 61.4 Å². The standard InChI is InChI=1S/C17H22N2/c1-17(2,3)19-11-7-6-9-15-13-18-12-14-8-4-5-10-16(14)15/h4-6,8-10,12-13,19H,7,11H2,1-3H3. The highest BCUT2D eigenvalue weighted by atomic mass is 14.9. The fourth-order valence-electron chi connectivity index (χ4n) is 2.01. The summed E-state index contributed by atoms with van der Waals surface area (Å²) in [6.07, 6.45) is 9.24. The zero-order valence-corrected chi connectivity index (χ0v) is 12.0. The SMILES string of the molecule is CC(C)(C)NCCC=Cc1cncc2ccccc12. The van der Waals surface area contributed by atoms with Crippen LogP contribution in [0.15, 0.2) is 42.7 Å². The Morgan fingerprint density at radius 2 is 1.95 bits per heavy atom. The molecule has 0 saturated heterocycles. The van der Waals surface area contributed by atoms with Crippen molar-refractivity contribution in [1.29, 1.82) is 0 Å². The molecule has 0 spiro atoms. The molecule has 0 fully saturated rings. The lowest BCUT2D eigenvalue weighted by atomic mass is 10.1. The molecular weight excluding hydrogens is 232 g/mol. The number of nitrogens with one attached hydrogen (secondary N) is 1. The molecule has 1 aromatic carbocycles. The van der Waals surface area contributed by atoms with E-state index < -0.39 is 0 Å². The van der Waals surface area contributed by atoms with Crippen molar-refractivity contribution in [2.24, 2.45) is 0 Å². The average Bonchev–Trinajstić information content (AvgIpc) is 2.37. The van der Waals surface area contributed by atoms with Crippen LogP contribution < -0.4 is 5.32 Å². The van der Waals surface area contributed by atoms with Crippen LogP contribution in [0.25, 0.3) is 16.8 Å². The van der Waals surface area contributed by atoms with Crippen molar-refractivity contribution in [2.45, 2.75) is 32.7 Å². The zero-order valence-electron chi connectivity index (χ0n) is 12.0. The van der Waals surface area contributed by atoms with Crippen LogP contribution in [0.2, 0.25) is 0 Å². The lowest BCUT2D eigenvalue weighted by molar-refractivity contribution is 0.431. The van der Waals surface area contributed by atoms with Gasteiger partial charge in [0.05, 0.1) is 0 Å². The highest BCUT2D eigenvalue weighted by molar-refractivity contribution is 5.89. The van der Waals surface area contributed by atoms with Gasteiger partial charge in [-0.3, -0.25) is 4.98 Å². The monoisotopic (exact) mass is 254 g/mol. The predicted molar refractivity (Wildman–Crippen MR) is 83.1 cm³/mol. The number of nitrogens with zero attached hydrogens (tertiary/aromatic N) is 1. The van der Waals surface area contributed by atoms with Crippen molar-refractivity contribution in [3.8, 4) is 0 Å². The number of rotatable bonds is 4. The van der Waals surface area contributed by atoms with E-state index in [0.29, 0.717) is 0 Å². The van der Waals surface area contributed by atoms with Gasteiger partial charge in [-0.25, -0.2) is 0 Å². The quantitative estimate of drug-likeness (QED) is 0.833. The van der Waals surface area contributed by atoms with Gasteiger partial charge >= 0.3 is 0 Å². The molecule has 2 aromatic rings. The summed E-state index contributed by atoms with van der Waals surface area (Å²) in [5.74, 6) is 0. The van der Waals surface area contributed by atoms with Gasteiger partial charge in [-0.2, -0.15) is 0 Å². The number of aromatic nitrogens is 1. The van der Waals surface area contributed by atoms with Gasteiger partial charge < -0.3 is 5.32 Å². The van der Waals surface area contributed by atoms with E-state index in [-0.39, 0.29) is 5.54 Å². The maximum Gasteiger partial charge on any atom is 0.0346 e. The lowest BCUT2D eigenvalue weighted by Gasteiger charge is -2.19. The summed E-state index contributed by atoms with van der Waals surface area (Å²) < 4.78 is 0. The van der Waals surface area contributed by atoms with Gasteiger partial charge in [-0.1, -0.05) is 36.4 Å². The minimum atomic E-state index is 0.189. The number of fused-ring (bicyclic) bond motifs is 1. The Hall–Kier alpha value is -1.67. The van der Waals surface area contributed by atoms with E-state index in [1.54, 1.807) is 0 Å². The maximum atomic E-state index is 4.28. The van der Waals surface area contributed by atoms with Crippen molar-refractivity contribution in [1.82, 2.24) is 10.3 Å². The van der Waals surface area contributed by atoms with Crippen LogP contribution in [0, 0.1) is 0 Å². The summed E-state index contributed by atoms with van der Waals surface area (Å²) in [5, 5.41) is 5.93. The molecule has 0 saturated carbocycles. The van der Waals surface area contributed by atoms with Crippen molar-refractivity contribution < 1.29 is 0 Å². The molecule has 2 heteroatoms.